The smallest absolute Gasteiger partial charge is 0.225 e. The third-order valence-electron chi connectivity index (χ3n) is 2.52. The van der Waals surface area contributed by atoms with Crippen LogP contribution in [0.4, 0.5) is 5.95 Å². The average Bonchev–Trinajstić information content (AvgIpc) is 2.46. The van der Waals surface area contributed by atoms with E-state index in [0.717, 1.165) is 18.5 Å². The van der Waals surface area contributed by atoms with Gasteiger partial charge in [-0.2, -0.15) is 4.98 Å². The molecule has 19 heavy (non-hydrogen) atoms. The zero-order valence-corrected chi connectivity index (χ0v) is 10.8. The summed E-state index contributed by atoms with van der Waals surface area (Å²) in [4.78, 5) is 8.36. The molecule has 1 aromatic heterocycles. The van der Waals surface area contributed by atoms with Gasteiger partial charge in [-0.1, -0.05) is 25.1 Å². The van der Waals surface area contributed by atoms with Crippen LogP contribution in [-0.2, 0) is 6.61 Å². The highest BCUT2D eigenvalue weighted by Crippen LogP contribution is 2.24. The van der Waals surface area contributed by atoms with Crippen molar-refractivity contribution < 1.29 is 9.84 Å². The van der Waals surface area contributed by atoms with Crippen LogP contribution in [0, 0.1) is 0 Å². The van der Waals surface area contributed by atoms with Gasteiger partial charge in [0, 0.05) is 24.4 Å². The average molecular weight is 259 g/mol. The molecule has 1 aromatic carbocycles. The fraction of sp³-hybridized carbons (Fsp3) is 0.286. The summed E-state index contributed by atoms with van der Waals surface area (Å²) >= 11 is 0. The highest BCUT2D eigenvalue weighted by atomic mass is 16.5. The summed E-state index contributed by atoms with van der Waals surface area (Å²) in [7, 11) is 0. The monoisotopic (exact) mass is 259 g/mol. The minimum atomic E-state index is -0.0673. The highest BCUT2D eigenvalue weighted by molar-refractivity contribution is 5.36. The summed E-state index contributed by atoms with van der Waals surface area (Å²) in [5.41, 5.74) is 0.726. The van der Waals surface area contributed by atoms with E-state index in [4.69, 9.17) is 4.74 Å². The van der Waals surface area contributed by atoms with Crippen LogP contribution >= 0.6 is 0 Å². The van der Waals surface area contributed by atoms with Gasteiger partial charge in [0.15, 0.2) is 0 Å². The Labute approximate surface area is 112 Å². The Hall–Kier alpha value is -2.14. The van der Waals surface area contributed by atoms with Gasteiger partial charge in [-0.3, -0.25) is 0 Å². The van der Waals surface area contributed by atoms with Gasteiger partial charge in [0.1, 0.15) is 5.75 Å². The minimum Gasteiger partial charge on any atom is -0.438 e. The number of aromatic nitrogens is 2. The fourth-order valence-electron chi connectivity index (χ4n) is 1.57. The molecule has 5 nitrogen and oxygen atoms in total. The van der Waals surface area contributed by atoms with Gasteiger partial charge in [0.2, 0.25) is 11.8 Å². The Kier molecular flexibility index (Phi) is 4.69. The molecule has 0 spiro atoms. The molecule has 0 unspecified atom stereocenters. The molecule has 5 heteroatoms. The molecule has 0 saturated heterocycles. The van der Waals surface area contributed by atoms with Crippen LogP contribution in [0.15, 0.2) is 36.5 Å². The molecule has 0 amide bonds. The van der Waals surface area contributed by atoms with Crippen molar-refractivity contribution in [3.05, 3.63) is 42.1 Å². The van der Waals surface area contributed by atoms with Gasteiger partial charge in [-0.15, -0.1) is 0 Å². The van der Waals surface area contributed by atoms with Crippen molar-refractivity contribution in [3.8, 4) is 11.6 Å². The number of benzene rings is 1. The second-order valence-corrected chi connectivity index (χ2v) is 4.01. The molecule has 1 heterocycles. The maximum atomic E-state index is 9.24. The van der Waals surface area contributed by atoms with Crippen molar-refractivity contribution in [1.29, 1.82) is 0 Å². The zero-order valence-electron chi connectivity index (χ0n) is 10.8. The molecule has 0 fully saturated rings. The Morgan fingerprint density at radius 2 is 2.11 bits per heavy atom. The number of hydrogen-bond acceptors (Lipinski definition) is 5. The van der Waals surface area contributed by atoms with Crippen LogP contribution in [0.1, 0.15) is 18.9 Å². The van der Waals surface area contributed by atoms with Crippen LogP contribution in [0.2, 0.25) is 0 Å². The third-order valence-corrected chi connectivity index (χ3v) is 2.52. The van der Waals surface area contributed by atoms with Crippen molar-refractivity contribution in [2.45, 2.75) is 20.0 Å². The number of ether oxygens (including phenoxy) is 1. The lowest BCUT2D eigenvalue weighted by atomic mass is 10.2. The van der Waals surface area contributed by atoms with Crippen molar-refractivity contribution in [2.24, 2.45) is 0 Å². The lowest BCUT2D eigenvalue weighted by Crippen LogP contribution is -2.04. The lowest BCUT2D eigenvalue weighted by Gasteiger charge is -2.09. The first-order chi connectivity index (χ1) is 9.33. The standard InChI is InChI=1S/C14H17N3O2/c1-2-8-15-14-16-9-7-13(17-14)19-12-6-4-3-5-11(12)10-18/h3-7,9,18H,2,8,10H2,1H3,(H,15,16,17). The van der Waals surface area contributed by atoms with E-state index in [-0.39, 0.29) is 6.61 Å². The topological polar surface area (TPSA) is 67.3 Å². The van der Waals surface area contributed by atoms with E-state index < -0.39 is 0 Å². The van der Waals surface area contributed by atoms with Crippen molar-refractivity contribution >= 4 is 5.95 Å². The van der Waals surface area contributed by atoms with Crippen molar-refractivity contribution in [3.63, 3.8) is 0 Å². The Bertz CT molecular complexity index is 532. The molecule has 100 valence electrons. The number of nitrogens with one attached hydrogen (secondary N) is 1. The summed E-state index contributed by atoms with van der Waals surface area (Å²) in [6.45, 7) is 2.82. The second kappa shape index (κ2) is 6.70. The number of aliphatic hydroxyl groups excluding tert-OH is 1. The molecule has 0 bridgehead atoms. The maximum absolute atomic E-state index is 9.24. The number of nitrogens with zero attached hydrogens (tertiary/aromatic N) is 2. The number of hydrogen-bond donors (Lipinski definition) is 2. The largest absolute Gasteiger partial charge is 0.438 e. The van der Waals surface area contributed by atoms with Gasteiger partial charge in [0.25, 0.3) is 0 Å². The lowest BCUT2D eigenvalue weighted by molar-refractivity contribution is 0.276. The fourth-order valence-corrected chi connectivity index (χ4v) is 1.57. The summed E-state index contributed by atoms with van der Waals surface area (Å²) in [5, 5.41) is 12.3. The quantitative estimate of drug-likeness (QED) is 0.834. The number of rotatable bonds is 6. The van der Waals surface area contributed by atoms with E-state index in [2.05, 4.69) is 22.2 Å². The van der Waals surface area contributed by atoms with Gasteiger partial charge in [-0.05, 0) is 12.5 Å². The minimum absolute atomic E-state index is 0.0673. The number of anilines is 1. The predicted octanol–water partition coefficient (Wildman–Crippen LogP) is 2.58. The molecule has 0 aliphatic carbocycles. The molecule has 2 N–H and O–H groups in total. The van der Waals surface area contributed by atoms with Crippen molar-refractivity contribution in [2.75, 3.05) is 11.9 Å². The Balaban J connectivity index is 2.14. The molecule has 2 aromatic rings. The summed E-state index contributed by atoms with van der Waals surface area (Å²) in [6.07, 6.45) is 2.64. The molecule has 0 radical (unpaired) electrons. The first kappa shape index (κ1) is 13.3. The summed E-state index contributed by atoms with van der Waals surface area (Å²) < 4.78 is 5.67. The summed E-state index contributed by atoms with van der Waals surface area (Å²) in [5.74, 6) is 1.60. The van der Waals surface area contributed by atoms with Gasteiger partial charge >= 0.3 is 0 Å². The Morgan fingerprint density at radius 3 is 2.89 bits per heavy atom. The van der Waals surface area contributed by atoms with Crippen molar-refractivity contribution in [1.82, 2.24) is 9.97 Å². The molecule has 0 aliphatic heterocycles. The Morgan fingerprint density at radius 1 is 1.26 bits per heavy atom. The van der Waals surface area contributed by atoms with E-state index in [0.29, 0.717) is 17.6 Å². The predicted molar refractivity (Wildman–Crippen MR) is 73.3 cm³/mol. The zero-order chi connectivity index (χ0) is 13.5. The number of para-hydroxylation sites is 1. The summed E-state index contributed by atoms with van der Waals surface area (Å²) in [6, 6.07) is 9.00. The molecule has 2 rings (SSSR count). The molecule has 0 atom stereocenters. The van der Waals surface area contributed by atoms with E-state index in [1.807, 2.05) is 18.2 Å². The third kappa shape index (κ3) is 3.66. The van der Waals surface area contributed by atoms with Crippen LogP contribution in [0.25, 0.3) is 0 Å². The SMILES string of the molecule is CCCNc1nccc(Oc2ccccc2CO)n1. The normalized spacial score (nSPS) is 10.2. The van der Waals surface area contributed by atoms with Crippen LogP contribution in [0.3, 0.4) is 0 Å². The first-order valence-electron chi connectivity index (χ1n) is 6.27. The second-order valence-electron chi connectivity index (χ2n) is 4.01. The van der Waals surface area contributed by atoms with Gasteiger partial charge in [-0.25, -0.2) is 4.98 Å². The van der Waals surface area contributed by atoms with Crippen LogP contribution in [-0.4, -0.2) is 21.6 Å². The van der Waals surface area contributed by atoms with E-state index in [1.165, 1.54) is 0 Å². The van der Waals surface area contributed by atoms with E-state index in [1.54, 1.807) is 18.3 Å². The first-order valence-corrected chi connectivity index (χ1v) is 6.27. The van der Waals surface area contributed by atoms with Crippen LogP contribution in [0.5, 0.6) is 11.6 Å². The van der Waals surface area contributed by atoms with E-state index in [9.17, 15) is 5.11 Å². The van der Waals surface area contributed by atoms with Crippen LogP contribution < -0.4 is 10.1 Å². The van der Waals surface area contributed by atoms with Gasteiger partial charge < -0.3 is 15.2 Å². The molecular weight excluding hydrogens is 242 g/mol. The molecule has 0 saturated carbocycles. The maximum Gasteiger partial charge on any atom is 0.225 e. The molecule has 0 aliphatic rings. The number of aliphatic hydroxyl groups is 1. The van der Waals surface area contributed by atoms with E-state index >= 15 is 0 Å². The van der Waals surface area contributed by atoms with Gasteiger partial charge in [0.05, 0.1) is 6.61 Å². The highest BCUT2D eigenvalue weighted by Gasteiger charge is 2.05. The molecular formula is C14H17N3O2.